The molecule has 1 saturated heterocycles. The standard InChI is InChI=1S/C17H18N2O.C13H9IN2O.C10H21BO2/c1-3-4-7-12-10-11-15(20-2)17-16(12)18-13-8-5-6-9-14(13)19-17;1-17-11-7-6-8(14)12-13(11)16-10-5-3-2-4-9(10)15-12;1-6-7-8-11-12-9(2,3)10(4,5)13-11/h5-6,8-11H,3-4,7H2,1-2H3;2-7H,1H3;6-8H2,1-5H3. The summed E-state index contributed by atoms with van der Waals surface area (Å²) < 4.78 is 23.5. The highest BCUT2D eigenvalue weighted by Crippen LogP contribution is 2.38. The topological polar surface area (TPSA) is 88.5 Å². The van der Waals surface area contributed by atoms with Gasteiger partial charge in [-0.1, -0.05) is 63.4 Å². The molecule has 0 bridgehead atoms. The van der Waals surface area contributed by atoms with E-state index in [1.807, 2.05) is 66.7 Å². The zero-order chi connectivity index (χ0) is 35.9. The fraction of sp³-hybridized carbons (Fsp3) is 0.400. The molecular formula is C40H48BIN4O4. The fourth-order valence-electron chi connectivity index (χ4n) is 5.73. The van der Waals surface area contributed by atoms with Crippen molar-refractivity contribution in [2.75, 3.05) is 14.2 Å². The molecule has 7 rings (SSSR count). The number of aromatic nitrogens is 4. The van der Waals surface area contributed by atoms with Crippen molar-refractivity contribution in [1.82, 2.24) is 19.9 Å². The number of rotatable bonds is 8. The molecule has 0 spiro atoms. The van der Waals surface area contributed by atoms with Crippen LogP contribution in [0.3, 0.4) is 0 Å². The highest BCUT2D eigenvalue weighted by Gasteiger charge is 2.50. The number of fused-ring (bicyclic) bond motifs is 4. The van der Waals surface area contributed by atoms with Crippen molar-refractivity contribution < 1.29 is 18.8 Å². The van der Waals surface area contributed by atoms with Crippen LogP contribution in [0.25, 0.3) is 44.1 Å². The lowest BCUT2D eigenvalue weighted by Crippen LogP contribution is -2.41. The van der Waals surface area contributed by atoms with Gasteiger partial charge in [0.05, 0.1) is 53.0 Å². The minimum absolute atomic E-state index is 0.00458. The molecule has 0 unspecified atom stereocenters. The normalized spacial score (nSPS) is 14.7. The van der Waals surface area contributed by atoms with Gasteiger partial charge in [-0.2, -0.15) is 0 Å². The number of ether oxygens (including phenoxy) is 2. The Morgan fingerprint density at radius 2 is 1.04 bits per heavy atom. The average molecular weight is 787 g/mol. The minimum atomic E-state index is -0.161. The molecule has 0 N–H and O–H groups in total. The van der Waals surface area contributed by atoms with E-state index in [0.29, 0.717) is 0 Å². The first-order valence-corrected chi connectivity index (χ1v) is 18.6. The smallest absolute Gasteiger partial charge is 0.457 e. The van der Waals surface area contributed by atoms with Gasteiger partial charge < -0.3 is 18.8 Å². The van der Waals surface area contributed by atoms with E-state index in [4.69, 9.17) is 28.8 Å². The lowest BCUT2D eigenvalue weighted by molar-refractivity contribution is 0.00578. The quantitative estimate of drug-likeness (QED) is 0.0856. The van der Waals surface area contributed by atoms with Crippen LogP contribution in [-0.4, -0.2) is 52.5 Å². The molecule has 4 aromatic carbocycles. The summed E-state index contributed by atoms with van der Waals surface area (Å²) in [6.07, 6.45) is 6.76. The number of hydrogen-bond donors (Lipinski definition) is 0. The first kappa shape index (κ1) is 37.6. The van der Waals surface area contributed by atoms with Crippen molar-refractivity contribution in [2.24, 2.45) is 0 Å². The van der Waals surface area contributed by atoms with Crippen LogP contribution in [0, 0.1) is 3.57 Å². The number of methoxy groups -OCH3 is 2. The van der Waals surface area contributed by atoms with Crippen molar-refractivity contribution >= 4 is 73.8 Å². The van der Waals surface area contributed by atoms with Crippen molar-refractivity contribution in [1.29, 1.82) is 0 Å². The van der Waals surface area contributed by atoms with Crippen molar-refractivity contribution in [3.63, 3.8) is 0 Å². The molecule has 2 aromatic heterocycles. The van der Waals surface area contributed by atoms with Crippen molar-refractivity contribution in [3.05, 3.63) is 81.9 Å². The van der Waals surface area contributed by atoms with Gasteiger partial charge in [0.25, 0.3) is 0 Å². The number of aryl methyl sites for hydroxylation is 1. The number of nitrogens with zero attached hydrogens (tertiary/aromatic N) is 4. The number of benzene rings is 4. The number of hydrogen-bond acceptors (Lipinski definition) is 8. The molecule has 8 nitrogen and oxygen atoms in total. The Hall–Kier alpha value is -3.61. The Morgan fingerprint density at radius 3 is 1.52 bits per heavy atom. The summed E-state index contributed by atoms with van der Waals surface area (Å²) in [5.41, 5.74) is 8.11. The summed E-state index contributed by atoms with van der Waals surface area (Å²) in [4.78, 5) is 18.8. The predicted octanol–water partition coefficient (Wildman–Crippen LogP) is 10.4. The van der Waals surface area contributed by atoms with Gasteiger partial charge >= 0.3 is 7.12 Å². The van der Waals surface area contributed by atoms with Crippen LogP contribution in [0.2, 0.25) is 6.32 Å². The van der Waals surface area contributed by atoms with Crippen LogP contribution >= 0.6 is 22.6 Å². The predicted molar refractivity (Wildman–Crippen MR) is 214 cm³/mol. The third kappa shape index (κ3) is 8.46. The molecule has 0 saturated carbocycles. The molecule has 0 radical (unpaired) electrons. The highest BCUT2D eigenvalue weighted by molar-refractivity contribution is 14.1. The maximum atomic E-state index is 5.84. The maximum Gasteiger partial charge on any atom is 0.457 e. The Bertz CT molecular complexity index is 2060. The van der Waals surface area contributed by atoms with Crippen molar-refractivity contribution in [3.8, 4) is 11.5 Å². The summed E-state index contributed by atoms with van der Waals surface area (Å²) in [6.45, 7) is 12.8. The summed E-state index contributed by atoms with van der Waals surface area (Å²) >= 11 is 2.27. The molecule has 0 amide bonds. The van der Waals surface area contributed by atoms with Gasteiger partial charge in [-0.25, -0.2) is 19.9 Å². The number of unbranched alkanes of at least 4 members (excludes halogenated alkanes) is 2. The summed E-state index contributed by atoms with van der Waals surface area (Å²) in [7, 11) is 3.33. The molecule has 3 heterocycles. The number of halogens is 1. The summed E-state index contributed by atoms with van der Waals surface area (Å²) in [6, 6.07) is 23.9. The van der Waals surface area contributed by atoms with E-state index in [9.17, 15) is 0 Å². The molecule has 1 aliphatic heterocycles. The average Bonchev–Trinajstić information content (AvgIpc) is 3.33. The molecule has 50 heavy (non-hydrogen) atoms. The third-order valence-corrected chi connectivity index (χ3v) is 10.2. The molecule has 1 aliphatic rings. The Kier molecular flexibility index (Phi) is 12.5. The van der Waals surface area contributed by atoms with E-state index in [1.165, 1.54) is 24.8 Å². The maximum absolute atomic E-state index is 5.84. The van der Waals surface area contributed by atoms with Crippen LogP contribution in [0.15, 0.2) is 72.8 Å². The van der Waals surface area contributed by atoms with E-state index in [1.54, 1.807) is 14.2 Å². The van der Waals surface area contributed by atoms with E-state index in [-0.39, 0.29) is 18.3 Å². The summed E-state index contributed by atoms with van der Waals surface area (Å²) in [5, 5.41) is 0. The molecule has 6 aromatic rings. The lowest BCUT2D eigenvalue weighted by atomic mass is 9.82. The van der Waals surface area contributed by atoms with Gasteiger partial charge in [-0.05, 0) is 117 Å². The third-order valence-electron chi connectivity index (χ3n) is 9.29. The fourth-order valence-corrected chi connectivity index (χ4v) is 6.28. The van der Waals surface area contributed by atoms with Crippen LogP contribution in [0.1, 0.15) is 72.8 Å². The zero-order valence-electron chi connectivity index (χ0n) is 30.5. The van der Waals surface area contributed by atoms with Crippen LogP contribution < -0.4 is 9.47 Å². The molecule has 1 fully saturated rings. The van der Waals surface area contributed by atoms with Gasteiger partial charge in [0, 0.05) is 3.57 Å². The zero-order valence-corrected chi connectivity index (χ0v) is 32.7. The van der Waals surface area contributed by atoms with Gasteiger partial charge in [-0.3, -0.25) is 0 Å². The molecule has 0 atom stereocenters. The van der Waals surface area contributed by atoms with E-state index < -0.39 is 0 Å². The SMILES string of the molecule is CCCCB1OC(C)(C)C(C)(C)O1.CCCCc1ccc(OC)c2nc3ccccc3nc12.COc1ccc(I)c2nc3ccccc3nc12. The number of para-hydroxylation sites is 4. The van der Waals surface area contributed by atoms with E-state index in [0.717, 1.165) is 78.4 Å². The summed E-state index contributed by atoms with van der Waals surface area (Å²) in [5.74, 6) is 1.55. The Labute approximate surface area is 310 Å². The Morgan fingerprint density at radius 1 is 0.600 bits per heavy atom. The molecule has 10 heteroatoms. The van der Waals surface area contributed by atoms with E-state index >= 15 is 0 Å². The molecule has 0 aliphatic carbocycles. The second-order valence-electron chi connectivity index (χ2n) is 13.4. The van der Waals surface area contributed by atoms with Gasteiger partial charge in [0.2, 0.25) is 0 Å². The van der Waals surface area contributed by atoms with Gasteiger partial charge in [0.1, 0.15) is 28.0 Å². The lowest BCUT2D eigenvalue weighted by Gasteiger charge is -2.32. The van der Waals surface area contributed by atoms with Gasteiger partial charge in [0.15, 0.2) is 0 Å². The van der Waals surface area contributed by atoms with Crippen molar-refractivity contribution in [2.45, 2.75) is 91.2 Å². The first-order valence-electron chi connectivity index (χ1n) is 17.5. The second kappa shape index (κ2) is 16.6. The molecule has 262 valence electrons. The van der Waals surface area contributed by atoms with Crippen LogP contribution in [-0.2, 0) is 15.7 Å². The van der Waals surface area contributed by atoms with E-state index in [2.05, 4.69) is 80.2 Å². The largest absolute Gasteiger partial charge is 0.494 e. The molecular weight excluding hydrogens is 738 g/mol. The first-order chi connectivity index (χ1) is 24.0. The second-order valence-corrected chi connectivity index (χ2v) is 14.6. The van der Waals surface area contributed by atoms with Gasteiger partial charge in [-0.15, -0.1) is 0 Å². The minimum Gasteiger partial charge on any atom is -0.494 e. The van der Waals surface area contributed by atoms with Crippen LogP contribution in [0.5, 0.6) is 11.5 Å². The van der Waals surface area contributed by atoms with Crippen LogP contribution in [0.4, 0.5) is 0 Å². The Balaban J connectivity index is 0.000000149. The monoisotopic (exact) mass is 786 g/mol. The highest BCUT2D eigenvalue weighted by atomic mass is 127.